The number of anilines is 3. The van der Waals surface area contributed by atoms with Crippen molar-refractivity contribution < 1.29 is 4.42 Å². The molecule has 1 aliphatic carbocycles. The van der Waals surface area contributed by atoms with Crippen molar-refractivity contribution in [1.82, 2.24) is 15.0 Å². The summed E-state index contributed by atoms with van der Waals surface area (Å²) in [4.78, 5) is 18.1. The van der Waals surface area contributed by atoms with Crippen LogP contribution < -0.4 is 4.90 Å². The third-order valence-corrected chi connectivity index (χ3v) is 12.7. The Kier molecular flexibility index (Phi) is 8.44. The fraction of sp³-hybridized carbons (Fsp3) is 0.0517. The lowest BCUT2D eigenvalue weighted by Crippen LogP contribution is -2.16. The number of furan rings is 1. The highest BCUT2D eigenvalue weighted by atomic mass is 16.3. The first-order valence-corrected chi connectivity index (χ1v) is 21.4. The standard InChI is InChI=1S/C58H40N4O/c1-58(2)49-26-14-12-23-43(49)44-34-33-42(35-50(44)58)62(41-21-10-5-11-22-41)51-27-16-25-46-48(36-47-45-24-13-15-28-52(45)63-54(47)53(46)51)57-60-55(39-19-8-4-9-20-39)59-56(61-57)40-31-29-38(30-32-40)37-17-6-3-7-18-37/h3-36H,1-2H3. The molecule has 11 aromatic rings. The Morgan fingerprint density at radius 1 is 0.397 bits per heavy atom. The summed E-state index contributed by atoms with van der Waals surface area (Å²) in [7, 11) is 0. The predicted octanol–water partition coefficient (Wildman–Crippen LogP) is 15.4. The summed E-state index contributed by atoms with van der Waals surface area (Å²) in [6, 6.07) is 72.5. The highest BCUT2D eigenvalue weighted by Crippen LogP contribution is 2.52. The molecule has 2 heterocycles. The molecule has 0 fully saturated rings. The Morgan fingerprint density at radius 3 is 1.73 bits per heavy atom. The van der Waals surface area contributed by atoms with Gasteiger partial charge in [-0.1, -0.05) is 178 Å². The van der Waals surface area contributed by atoms with Crippen LogP contribution >= 0.6 is 0 Å². The molecule has 0 spiro atoms. The van der Waals surface area contributed by atoms with E-state index in [1.165, 1.54) is 22.3 Å². The zero-order chi connectivity index (χ0) is 42.1. The summed E-state index contributed by atoms with van der Waals surface area (Å²) in [5, 5.41) is 3.98. The first-order valence-electron chi connectivity index (χ1n) is 21.4. The number of aromatic nitrogens is 3. The van der Waals surface area contributed by atoms with Crippen LogP contribution in [0.15, 0.2) is 211 Å². The van der Waals surface area contributed by atoms with Crippen LogP contribution in [-0.2, 0) is 5.41 Å². The lowest BCUT2D eigenvalue weighted by molar-refractivity contribution is 0.660. The normalized spacial score (nSPS) is 12.7. The van der Waals surface area contributed by atoms with Crippen LogP contribution in [0.2, 0.25) is 0 Å². The SMILES string of the molecule is CC1(C)c2ccccc2-c2ccc(N(c3ccccc3)c3cccc4c(-c5nc(-c6ccccc6)nc(-c6ccc(-c7ccccc7)cc6)n5)cc5c6ccccc6oc5c34)cc21. The largest absolute Gasteiger partial charge is 0.455 e. The van der Waals surface area contributed by atoms with Crippen molar-refractivity contribution in [2.45, 2.75) is 19.3 Å². The minimum atomic E-state index is -0.170. The molecular weight excluding hydrogens is 769 g/mol. The van der Waals surface area contributed by atoms with E-state index in [0.29, 0.717) is 17.5 Å². The number of nitrogens with zero attached hydrogens (tertiary/aromatic N) is 4. The average molecular weight is 809 g/mol. The van der Waals surface area contributed by atoms with Crippen LogP contribution in [0.3, 0.4) is 0 Å². The molecule has 0 unspecified atom stereocenters. The van der Waals surface area contributed by atoms with E-state index >= 15 is 0 Å². The van der Waals surface area contributed by atoms with Crippen molar-refractivity contribution in [3.8, 4) is 56.4 Å². The van der Waals surface area contributed by atoms with E-state index in [0.717, 1.165) is 77.6 Å². The van der Waals surface area contributed by atoms with E-state index in [1.54, 1.807) is 0 Å². The van der Waals surface area contributed by atoms with Gasteiger partial charge in [0.25, 0.3) is 0 Å². The fourth-order valence-electron chi connectivity index (χ4n) is 9.61. The van der Waals surface area contributed by atoms with Gasteiger partial charge in [0.05, 0.1) is 5.69 Å². The van der Waals surface area contributed by atoms with Gasteiger partial charge in [0, 0.05) is 49.6 Å². The molecule has 0 bridgehead atoms. The van der Waals surface area contributed by atoms with Crippen molar-refractivity contribution in [2.75, 3.05) is 4.90 Å². The molecule has 5 heteroatoms. The smallest absolute Gasteiger partial charge is 0.164 e. The molecule has 63 heavy (non-hydrogen) atoms. The Balaban J connectivity index is 1.12. The van der Waals surface area contributed by atoms with Crippen LogP contribution in [0.5, 0.6) is 0 Å². The van der Waals surface area contributed by atoms with Gasteiger partial charge in [0.2, 0.25) is 0 Å². The van der Waals surface area contributed by atoms with Gasteiger partial charge in [-0.3, -0.25) is 0 Å². The molecule has 0 aliphatic heterocycles. The van der Waals surface area contributed by atoms with Crippen LogP contribution in [0.1, 0.15) is 25.0 Å². The lowest BCUT2D eigenvalue weighted by Gasteiger charge is -2.29. The van der Waals surface area contributed by atoms with Gasteiger partial charge < -0.3 is 9.32 Å². The van der Waals surface area contributed by atoms with Gasteiger partial charge in [0.1, 0.15) is 11.2 Å². The number of rotatable bonds is 7. The van der Waals surface area contributed by atoms with Crippen molar-refractivity contribution in [1.29, 1.82) is 0 Å². The highest BCUT2D eigenvalue weighted by Gasteiger charge is 2.36. The molecule has 0 N–H and O–H groups in total. The maximum atomic E-state index is 6.92. The molecule has 0 saturated heterocycles. The highest BCUT2D eigenvalue weighted by molar-refractivity contribution is 6.23. The first-order chi connectivity index (χ1) is 31.0. The molecular formula is C58H40N4O. The zero-order valence-electron chi connectivity index (χ0n) is 34.8. The van der Waals surface area contributed by atoms with Crippen molar-refractivity contribution >= 4 is 49.8 Å². The van der Waals surface area contributed by atoms with Crippen molar-refractivity contribution in [3.63, 3.8) is 0 Å². The molecule has 0 amide bonds. The maximum Gasteiger partial charge on any atom is 0.164 e. The van der Waals surface area contributed by atoms with E-state index < -0.39 is 0 Å². The van der Waals surface area contributed by atoms with E-state index in [1.807, 2.05) is 36.4 Å². The maximum absolute atomic E-state index is 6.92. The van der Waals surface area contributed by atoms with Gasteiger partial charge in [-0.15, -0.1) is 0 Å². The monoisotopic (exact) mass is 808 g/mol. The summed E-state index contributed by atoms with van der Waals surface area (Å²) < 4.78 is 6.92. The quantitative estimate of drug-likeness (QED) is 0.160. The third-order valence-electron chi connectivity index (χ3n) is 12.7. The van der Waals surface area contributed by atoms with Gasteiger partial charge in [-0.05, 0) is 81.2 Å². The van der Waals surface area contributed by atoms with Gasteiger partial charge >= 0.3 is 0 Å². The topological polar surface area (TPSA) is 55.1 Å². The Morgan fingerprint density at radius 2 is 0.968 bits per heavy atom. The Bertz CT molecular complexity index is 3520. The fourth-order valence-corrected chi connectivity index (χ4v) is 9.61. The number of benzene rings is 9. The van der Waals surface area contributed by atoms with Gasteiger partial charge in [0.15, 0.2) is 17.5 Å². The molecule has 2 aromatic heterocycles. The van der Waals surface area contributed by atoms with Gasteiger partial charge in [-0.2, -0.15) is 0 Å². The second kappa shape index (κ2) is 14.5. The number of para-hydroxylation sites is 2. The number of hydrogen-bond donors (Lipinski definition) is 0. The second-order valence-electron chi connectivity index (χ2n) is 16.8. The zero-order valence-corrected chi connectivity index (χ0v) is 34.8. The van der Waals surface area contributed by atoms with Crippen LogP contribution in [-0.4, -0.2) is 15.0 Å². The van der Waals surface area contributed by atoms with Crippen LogP contribution in [0.4, 0.5) is 17.1 Å². The van der Waals surface area contributed by atoms with Crippen molar-refractivity contribution in [3.05, 3.63) is 217 Å². The summed E-state index contributed by atoms with van der Waals surface area (Å²) in [5.74, 6) is 1.80. The minimum Gasteiger partial charge on any atom is -0.455 e. The molecule has 0 saturated carbocycles. The second-order valence-corrected chi connectivity index (χ2v) is 16.8. The summed E-state index contributed by atoms with van der Waals surface area (Å²) >= 11 is 0. The molecule has 9 aromatic carbocycles. The lowest BCUT2D eigenvalue weighted by atomic mass is 9.82. The van der Waals surface area contributed by atoms with E-state index in [-0.39, 0.29) is 5.41 Å². The molecule has 298 valence electrons. The predicted molar refractivity (Wildman–Crippen MR) is 259 cm³/mol. The van der Waals surface area contributed by atoms with E-state index in [2.05, 4.69) is 189 Å². The number of hydrogen-bond acceptors (Lipinski definition) is 5. The molecule has 1 aliphatic rings. The van der Waals surface area contributed by atoms with Crippen molar-refractivity contribution in [2.24, 2.45) is 0 Å². The first kappa shape index (κ1) is 36.7. The summed E-state index contributed by atoms with van der Waals surface area (Å²) in [6.45, 7) is 4.67. The van der Waals surface area contributed by atoms with E-state index in [9.17, 15) is 0 Å². The van der Waals surface area contributed by atoms with E-state index in [4.69, 9.17) is 19.4 Å². The molecule has 0 radical (unpaired) electrons. The molecule has 0 atom stereocenters. The average Bonchev–Trinajstić information content (AvgIpc) is 3.83. The number of fused-ring (bicyclic) bond motifs is 8. The van der Waals surface area contributed by atoms with Gasteiger partial charge in [-0.25, -0.2) is 15.0 Å². The molecule has 12 rings (SSSR count). The summed E-state index contributed by atoms with van der Waals surface area (Å²) in [5.41, 5.74) is 14.8. The Hall–Kier alpha value is -8.15. The Labute approximate surface area is 365 Å². The van der Waals surface area contributed by atoms with Crippen LogP contribution in [0, 0.1) is 0 Å². The molecule has 5 nitrogen and oxygen atoms in total. The third kappa shape index (κ3) is 6.04. The summed E-state index contributed by atoms with van der Waals surface area (Å²) in [6.07, 6.45) is 0. The minimum absolute atomic E-state index is 0.170. The van der Waals surface area contributed by atoms with Crippen LogP contribution in [0.25, 0.3) is 89.1 Å².